The van der Waals surface area contributed by atoms with Crippen molar-refractivity contribution in [1.82, 2.24) is 4.98 Å². The number of carbonyl (C=O) groups is 1. The van der Waals surface area contributed by atoms with Crippen LogP contribution in [0.2, 0.25) is 0 Å². The fraction of sp³-hybridized carbons (Fsp3) is 0.176. The quantitative estimate of drug-likeness (QED) is 0.785. The zero-order chi connectivity index (χ0) is 14.4. The lowest BCUT2D eigenvalue weighted by molar-refractivity contribution is 0.0977. The van der Waals surface area contributed by atoms with E-state index in [2.05, 4.69) is 16.9 Å². The van der Waals surface area contributed by atoms with E-state index < -0.39 is 0 Å². The van der Waals surface area contributed by atoms with Gasteiger partial charge in [0.25, 0.3) is 0 Å². The van der Waals surface area contributed by atoms with Gasteiger partial charge >= 0.3 is 0 Å². The van der Waals surface area contributed by atoms with Gasteiger partial charge in [-0.3, -0.25) is 4.79 Å². The van der Waals surface area contributed by atoms with Gasteiger partial charge < -0.3 is 5.32 Å². The van der Waals surface area contributed by atoms with Crippen LogP contribution in [-0.2, 0) is 0 Å². The summed E-state index contributed by atoms with van der Waals surface area (Å²) in [5.41, 5.74) is 2.51. The van der Waals surface area contributed by atoms with Crippen molar-refractivity contribution in [1.29, 1.82) is 0 Å². The fourth-order valence-corrected chi connectivity index (χ4v) is 1.87. The number of hydrogen-bond acceptors (Lipinski definition) is 3. The Hall–Kier alpha value is -2.42. The van der Waals surface area contributed by atoms with Crippen molar-refractivity contribution in [3.63, 3.8) is 0 Å². The van der Waals surface area contributed by atoms with Crippen molar-refractivity contribution in [3.8, 4) is 0 Å². The van der Waals surface area contributed by atoms with Crippen molar-refractivity contribution < 1.29 is 4.79 Å². The third-order valence-corrected chi connectivity index (χ3v) is 2.93. The van der Waals surface area contributed by atoms with Gasteiger partial charge in [0.05, 0.1) is 0 Å². The minimum Gasteiger partial charge on any atom is -0.340 e. The third kappa shape index (κ3) is 3.54. The molecule has 1 aromatic carbocycles. The number of nitrogens with one attached hydrogen (secondary N) is 1. The maximum Gasteiger partial charge on any atom is 0.181 e. The molecule has 0 fully saturated rings. The molecule has 1 aromatic heterocycles. The van der Waals surface area contributed by atoms with Gasteiger partial charge in [-0.2, -0.15) is 0 Å². The number of hydrogen-bond donors (Lipinski definition) is 1. The molecule has 0 aliphatic carbocycles. The molecule has 0 aliphatic heterocycles. The average Bonchev–Trinajstić information content (AvgIpc) is 2.48. The van der Waals surface area contributed by atoms with Gasteiger partial charge in [-0.1, -0.05) is 37.8 Å². The molecule has 0 atom stereocenters. The molecule has 0 saturated carbocycles. The second kappa shape index (κ2) is 6.66. The number of pyridine rings is 1. The summed E-state index contributed by atoms with van der Waals surface area (Å²) < 4.78 is 0. The summed E-state index contributed by atoms with van der Waals surface area (Å²) in [6, 6.07) is 13.3. The highest BCUT2D eigenvalue weighted by molar-refractivity contribution is 5.94. The van der Waals surface area contributed by atoms with Crippen molar-refractivity contribution in [2.24, 2.45) is 0 Å². The summed E-state index contributed by atoms with van der Waals surface area (Å²) in [5, 5.41) is 3.19. The Morgan fingerprint density at radius 2 is 2.00 bits per heavy atom. The molecule has 102 valence electrons. The minimum absolute atomic E-state index is 0.0816. The molecule has 0 unspecified atom stereocenters. The van der Waals surface area contributed by atoms with Crippen molar-refractivity contribution in [2.45, 2.75) is 19.8 Å². The first-order valence-electron chi connectivity index (χ1n) is 6.72. The van der Waals surface area contributed by atoms with Crippen LogP contribution in [0.15, 0.2) is 49.0 Å². The van der Waals surface area contributed by atoms with Crippen molar-refractivity contribution in [2.75, 3.05) is 5.32 Å². The topological polar surface area (TPSA) is 42.0 Å². The largest absolute Gasteiger partial charge is 0.340 e. The molecule has 1 N–H and O–H groups in total. The van der Waals surface area contributed by atoms with Gasteiger partial charge in [0, 0.05) is 12.1 Å². The minimum atomic E-state index is 0.0816. The summed E-state index contributed by atoms with van der Waals surface area (Å²) in [6.45, 7) is 5.71. The number of nitrogens with zero attached hydrogens (tertiary/aromatic N) is 1. The van der Waals surface area contributed by atoms with Gasteiger partial charge in [-0.05, 0) is 36.2 Å². The standard InChI is InChI=1S/C17H18N2O/c1-3-6-16(20)15-7-5-8-17(19-15)18-14-11-9-13(4-2)10-12-14/h4-5,7-12H,2-3,6H2,1H3,(H,18,19). The van der Waals surface area contributed by atoms with Gasteiger partial charge in [-0.15, -0.1) is 0 Å². The molecule has 3 heteroatoms. The molecule has 3 nitrogen and oxygen atoms in total. The van der Waals surface area contributed by atoms with E-state index in [0.717, 1.165) is 17.7 Å². The number of carbonyl (C=O) groups excluding carboxylic acids is 1. The normalized spacial score (nSPS) is 10.1. The smallest absolute Gasteiger partial charge is 0.181 e. The van der Waals surface area contributed by atoms with E-state index in [1.807, 2.05) is 43.3 Å². The van der Waals surface area contributed by atoms with Crippen LogP contribution in [0.1, 0.15) is 35.8 Å². The summed E-state index contributed by atoms with van der Waals surface area (Å²) in [7, 11) is 0. The molecule has 2 rings (SSSR count). The van der Waals surface area contributed by atoms with Crippen molar-refractivity contribution >= 4 is 23.4 Å². The SMILES string of the molecule is C=Cc1ccc(Nc2cccc(C(=O)CCC)n2)cc1. The lowest BCUT2D eigenvalue weighted by atomic mass is 10.1. The molecule has 20 heavy (non-hydrogen) atoms. The summed E-state index contributed by atoms with van der Waals surface area (Å²) in [5.74, 6) is 0.761. The molecule has 0 aliphatic rings. The Morgan fingerprint density at radius 3 is 2.65 bits per heavy atom. The zero-order valence-electron chi connectivity index (χ0n) is 11.6. The van der Waals surface area contributed by atoms with E-state index in [9.17, 15) is 4.79 Å². The number of benzene rings is 1. The second-order valence-corrected chi connectivity index (χ2v) is 4.53. The van der Waals surface area contributed by atoms with Gasteiger partial charge in [0.2, 0.25) is 0 Å². The van der Waals surface area contributed by atoms with E-state index in [1.165, 1.54) is 0 Å². The Morgan fingerprint density at radius 1 is 1.25 bits per heavy atom. The lowest BCUT2D eigenvalue weighted by Gasteiger charge is -2.07. The Bertz CT molecular complexity index is 603. The van der Waals surface area contributed by atoms with E-state index in [-0.39, 0.29) is 5.78 Å². The Kier molecular flexibility index (Phi) is 4.66. The Labute approximate surface area is 119 Å². The first kappa shape index (κ1) is 14.0. The summed E-state index contributed by atoms with van der Waals surface area (Å²) >= 11 is 0. The highest BCUT2D eigenvalue weighted by Gasteiger charge is 2.06. The van der Waals surface area contributed by atoms with E-state index in [0.29, 0.717) is 17.9 Å². The van der Waals surface area contributed by atoms with Crippen LogP contribution in [0.3, 0.4) is 0 Å². The number of aromatic nitrogens is 1. The van der Waals surface area contributed by atoms with Crippen LogP contribution in [0.5, 0.6) is 0 Å². The van der Waals surface area contributed by atoms with Gasteiger partial charge in [0.15, 0.2) is 5.78 Å². The molecule has 0 amide bonds. The molecule has 1 heterocycles. The Balaban J connectivity index is 2.14. The summed E-state index contributed by atoms with van der Waals surface area (Å²) in [6.07, 6.45) is 3.16. The van der Waals surface area contributed by atoms with Gasteiger partial charge in [-0.25, -0.2) is 4.98 Å². The van der Waals surface area contributed by atoms with Crippen LogP contribution in [0, 0.1) is 0 Å². The predicted octanol–water partition coefficient (Wildman–Crippen LogP) is 4.45. The number of ketones is 1. The second-order valence-electron chi connectivity index (χ2n) is 4.53. The maximum absolute atomic E-state index is 11.8. The van der Waals surface area contributed by atoms with E-state index in [4.69, 9.17) is 0 Å². The van der Waals surface area contributed by atoms with Gasteiger partial charge in [0.1, 0.15) is 11.5 Å². The highest BCUT2D eigenvalue weighted by atomic mass is 16.1. The monoisotopic (exact) mass is 266 g/mol. The first-order valence-corrected chi connectivity index (χ1v) is 6.72. The van der Waals surface area contributed by atoms with Crippen LogP contribution in [0.4, 0.5) is 11.5 Å². The fourth-order valence-electron chi connectivity index (χ4n) is 1.87. The van der Waals surface area contributed by atoms with E-state index >= 15 is 0 Å². The first-order chi connectivity index (χ1) is 9.72. The maximum atomic E-state index is 11.8. The lowest BCUT2D eigenvalue weighted by Crippen LogP contribution is -2.03. The van der Waals surface area contributed by atoms with Crippen LogP contribution in [0.25, 0.3) is 6.08 Å². The molecular formula is C17H18N2O. The number of anilines is 2. The number of Topliss-reactive ketones (excluding diaryl/α,β-unsaturated/α-hetero) is 1. The molecule has 0 spiro atoms. The van der Waals surface area contributed by atoms with E-state index in [1.54, 1.807) is 12.1 Å². The highest BCUT2D eigenvalue weighted by Crippen LogP contribution is 2.16. The number of rotatable bonds is 6. The predicted molar refractivity (Wildman–Crippen MR) is 83.3 cm³/mol. The molecule has 0 saturated heterocycles. The third-order valence-electron chi connectivity index (χ3n) is 2.93. The van der Waals surface area contributed by atoms with Crippen molar-refractivity contribution in [3.05, 3.63) is 60.3 Å². The van der Waals surface area contributed by atoms with Crippen LogP contribution < -0.4 is 5.32 Å². The summed E-state index contributed by atoms with van der Waals surface area (Å²) in [4.78, 5) is 16.2. The molecular weight excluding hydrogens is 248 g/mol. The average molecular weight is 266 g/mol. The molecule has 2 aromatic rings. The zero-order valence-corrected chi connectivity index (χ0v) is 11.6. The van der Waals surface area contributed by atoms with Crippen LogP contribution >= 0.6 is 0 Å². The van der Waals surface area contributed by atoms with Crippen LogP contribution in [-0.4, -0.2) is 10.8 Å². The molecule has 0 radical (unpaired) electrons. The molecule has 0 bridgehead atoms.